The lowest BCUT2D eigenvalue weighted by Crippen LogP contribution is -2.03. The molecule has 0 aliphatic carbocycles. The van der Waals surface area contributed by atoms with Gasteiger partial charge in [0.2, 0.25) is 0 Å². The first-order chi connectivity index (χ1) is 10.1. The second-order valence-electron chi connectivity index (χ2n) is 4.82. The molecule has 2 nitrogen and oxygen atoms in total. The van der Waals surface area contributed by atoms with Gasteiger partial charge in [-0.2, -0.15) is 0 Å². The van der Waals surface area contributed by atoms with E-state index in [0.29, 0.717) is 0 Å². The predicted octanol–water partition coefficient (Wildman–Crippen LogP) is 4.65. The summed E-state index contributed by atoms with van der Waals surface area (Å²) >= 11 is 0. The maximum absolute atomic E-state index is 5.96. The molecule has 21 heavy (non-hydrogen) atoms. The molecule has 0 heterocycles. The van der Waals surface area contributed by atoms with Crippen molar-refractivity contribution in [3.63, 3.8) is 0 Å². The Kier molecular flexibility index (Phi) is 4.62. The van der Waals surface area contributed by atoms with Gasteiger partial charge in [-0.25, -0.2) is 0 Å². The molecule has 2 rings (SSSR count). The molecule has 2 heteroatoms. The number of anilines is 1. The van der Waals surface area contributed by atoms with E-state index in [0.717, 1.165) is 33.8 Å². The number of benzene rings is 2. The molecule has 3 N–H and O–H groups in total. The van der Waals surface area contributed by atoms with Gasteiger partial charge in [-0.1, -0.05) is 61.7 Å². The number of nitrogens with one attached hydrogen (secondary N) is 1. The Balaban J connectivity index is 2.39. The minimum absolute atomic E-state index is 0.741. The van der Waals surface area contributed by atoms with Crippen LogP contribution in [0, 0.1) is 0 Å². The van der Waals surface area contributed by atoms with Crippen molar-refractivity contribution in [1.82, 2.24) is 0 Å². The molecule has 0 spiro atoms. The Morgan fingerprint density at radius 2 is 1.57 bits per heavy atom. The monoisotopic (exact) mass is 276 g/mol. The smallest absolute Gasteiger partial charge is 0.0391 e. The van der Waals surface area contributed by atoms with Crippen LogP contribution >= 0.6 is 0 Å². The molecule has 0 radical (unpaired) electrons. The molecule has 0 aromatic heterocycles. The molecule has 0 unspecified atom stereocenters. The van der Waals surface area contributed by atoms with Crippen LogP contribution in [0.4, 0.5) is 5.69 Å². The second kappa shape index (κ2) is 6.62. The summed E-state index contributed by atoms with van der Waals surface area (Å²) in [6, 6.07) is 18.0. The number of allylic oxidation sites excluding steroid dienone is 3. The Bertz CT molecular complexity index is 678. The zero-order chi connectivity index (χ0) is 15.2. The predicted molar refractivity (Wildman–Crippen MR) is 92.5 cm³/mol. The lowest BCUT2D eigenvalue weighted by molar-refractivity contribution is 1.32. The van der Waals surface area contributed by atoms with E-state index in [1.54, 1.807) is 6.08 Å². The van der Waals surface area contributed by atoms with Crippen LogP contribution in [0.25, 0.3) is 11.3 Å². The molecule has 0 bridgehead atoms. The van der Waals surface area contributed by atoms with Gasteiger partial charge >= 0.3 is 0 Å². The van der Waals surface area contributed by atoms with E-state index in [1.165, 1.54) is 0 Å². The van der Waals surface area contributed by atoms with E-state index >= 15 is 0 Å². The fraction of sp³-hybridized carbons (Fsp3) is 0.0526. The van der Waals surface area contributed by atoms with Crippen LogP contribution in [0.1, 0.15) is 18.1 Å². The van der Waals surface area contributed by atoms with E-state index in [2.05, 4.69) is 18.5 Å². The zero-order valence-electron chi connectivity index (χ0n) is 12.3. The normalized spacial score (nSPS) is 11.5. The lowest BCUT2D eigenvalue weighted by atomic mass is 9.96. The highest BCUT2D eigenvalue weighted by Crippen LogP contribution is 2.27. The summed E-state index contributed by atoms with van der Waals surface area (Å²) in [5, 5.41) is 3.32. The second-order valence-corrected chi connectivity index (χ2v) is 4.82. The molecular formula is C19H20N2. The maximum atomic E-state index is 5.96. The third kappa shape index (κ3) is 3.42. The van der Waals surface area contributed by atoms with Gasteiger partial charge in [0.25, 0.3) is 0 Å². The number of hydrogen-bond acceptors (Lipinski definition) is 2. The number of rotatable bonds is 5. The van der Waals surface area contributed by atoms with E-state index in [1.807, 2.05) is 61.5 Å². The van der Waals surface area contributed by atoms with Crippen LogP contribution < -0.4 is 11.1 Å². The molecule has 0 saturated heterocycles. The SMILES string of the molecule is C=C/C(=C(\C)N)c1ccccc1C(=C)Nc1ccccc1. The summed E-state index contributed by atoms with van der Waals surface area (Å²) in [7, 11) is 0. The van der Waals surface area contributed by atoms with E-state index < -0.39 is 0 Å². The van der Waals surface area contributed by atoms with Crippen LogP contribution in [0.5, 0.6) is 0 Å². The Labute approximate surface area is 126 Å². The first kappa shape index (κ1) is 14.7. The standard InChI is InChI=1S/C19H20N2/c1-4-17(14(2)20)19-13-9-8-12-18(19)15(3)21-16-10-6-5-7-11-16/h4-13,21H,1,3,20H2,2H3/b17-14-. The Hall–Kier alpha value is -2.74. The van der Waals surface area contributed by atoms with Gasteiger partial charge in [0.05, 0.1) is 0 Å². The van der Waals surface area contributed by atoms with Crippen LogP contribution in [-0.2, 0) is 0 Å². The zero-order valence-corrected chi connectivity index (χ0v) is 12.3. The number of nitrogens with two attached hydrogens (primary N) is 1. The highest BCUT2D eigenvalue weighted by molar-refractivity contribution is 5.87. The summed E-state index contributed by atoms with van der Waals surface area (Å²) < 4.78 is 0. The lowest BCUT2D eigenvalue weighted by Gasteiger charge is -2.15. The molecule has 0 fully saturated rings. The third-order valence-electron chi connectivity index (χ3n) is 3.24. The summed E-state index contributed by atoms with van der Waals surface area (Å²) in [5.41, 5.74) is 11.5. The average molecular weight is 276 g/mol. The molecule has 0 atom stereocenters. The van der Waals surface area contributed by atoms with Crippen molar-refractivity contribution in [2.75, 3.05) is 5.32 Å². The summed E-state index contributed by atoms with van der Waals surface area (Å²) in [5.74, 6) is 0. The summed E-state index contributed by atoms with van der Waals surface area (Å²) in [6.07, 6.45) is 1.78. The van der Waals surface area contributed by atoms with Gasteiger partial charge in [-0.3, -0.25) is 0 Å². The highest BCUT2D eigenvalue weighted by Gasteiger charge is 2.09. The number of hydrogen-bond donors (Lipinski definition) is 2. The van der Waals surface area contributed by atoms with Crippen molar-refractivity contribution in [3.05, 3.63) is 90.7 Å². The van der Waals surface area contributed by atoms with Crippen LogP contribution in [0.15, 0.2) is 79.5 Å². The average Bonchev–Trinajstić information content (AvgIpc) is 2.49. The molecule has 2 aromatic carbocycles. The van der Waals surface area contributed by atoms with Gasteiger partial charge in [0.1, 0.15) is 0 Å². The van der Waals surface area contributed by atoms with E-state index in [-0.39, 0.29) is 0 Å². The van der Waals surface area contributed by atoms with Gasteiger partial charge in [-0.15, -0.1) is 0 Å². The topological polar surface area (TPSA) is 38.0 Å². The molecule has 0 aliphatic heterocycles. The molecule has 0 aliphatic rings. The highest BCUT2D eigenvalue weighted by atomic mass is 14.9. The van der Waals surface area contributed by atoms with Gasteiger partial charge < -0.3 is 11.1 Å². The van der Waals surface area contributed by atoms with Crippen molar-refractivity contribution in [2.45, 2.75) is 6.92 Å². The first-order valence-electron chi connectivity index (χ1n) is 6.83. The van der Waals surface area contributed by atoms with Crippen LogP contribution in [-0.4, -0.2) is 0 Å². The first-order valence-corrected chi connectivity index (χ1v) is 6.83. The maximum Gasteiger partial charge on any atom is 0.0391 e. The molecule has 0 saturated carbocycles. The van der Waals surface area contributed by atoms with Crippen molar-refractivity contribution in [1.29, 1.82) is 0 Å². The Morgan fingerprint density at radius 3 is 2.14 bits per heavy atom. The number of para-hydroxylation sites is 1. The third-order valence-corrected chi connectivity index (χ3v) is 3.24. The minimum Gasteiger partial charge on any atom is -0.402 e. The summed E-state index contributed by atoms with van der Waals surface area (Å²) in [4.78, 5) is 0. The minimum atomic E-state index is 0.741. The molecule has 0 amide bonds. The molecule has 106 valence electrons. The van der Waals surface area contributed by atoms with Crippen molar-refractivity contribution < 1.29 is 0 Å². The molecule has 2 aromatic rings. The quantitative estimate of drug-likeness (QED) is 0.780. The molecular weight excluding hydrogens is 256 g/mol. The van der Waals surface area contributed by atoms with Crippen LogP contribution in [0.2, 0.25) is 0 Å². The van der Waals surface area contributed by atoms with Crippen molar-refractivity contribution in [2.24, 2.45) is 5.73 Å². The van der Waals surface area contributed by atoms with Crippen LogP contribution in [0.3, 0.4) is 0 Å². The summed E-state index contributed by atoms with van der Waals surface area (Å²) in [6.45, 7) is 9.88. The Morgan fingerprint density at radius 1 is 1.00 bits per heavy atom. The van der Waals surface area contributed by atoms with Crippen molar-refractivity contribution >= 4 is 17.0 Å². The van der Waals surface area contributed by atoms with E-state index in [9.17, 15) is 0 Å². The fourth-order valence-electron chi connectivity index (χ4n) is 2.23. The van der Waals surface area contributed by atoms with Crippen molar-refractivity contribution in [3.8, 4) is 0 Å². The van der Waals surface area contributed by atoms with Gasteiger partial charge in [0.15, 0.2) is 0 Å². The van der Waals surface area contributed by atoms with Gasteiger partial charge in [-0.05, 0) is 24.6 Å². The van der Waals surface area contributed by atoms with E-state index in [4.69, 9.17) is 5.73 Å². The fourth-order valence-corrected chi connectivity index (χ4v) is 2.23. The largest absolute Gasteiger partial charge is 0.402 e. The van der Waals surface area contributed by atoms with Gasteiger partial charge in [0, 0.05) is 28.2 Å².